The number of hydrogen-bond donors (Lipinski definition) is 0. The van der Waals surface area contributed by atoms with E-state index < -0.39 is 6.36 Å². The summed E-state index contributed by atoms with van der Waals surface area (Å²) in [5.74, 6) is 0.150. The predicted octanol–water partition coefficient (Wildman–Crippen LogP) is 4.57. The highest BCUT2D eigenvalue weighted by Crippen LogP contribution is 2.23. The average molecular weight is 295 g/mol. The number of benzene rings is 1. The van der Waals surface area contributed by atoms with Crippen LogP contribution in [0.2, 0.25) is 0 Å². The summed E-state index contributed by atoms with van der Waals surface area (Å²) in [7, 11) is 0. The number of ether oxygens (including phenoxy) is 1. The summed E-state index contributed by atoms with van der Waals surface area (Å²) in [5, 5.41) is 0. The van der Waals surface area contributed by atoms with Gasteiger partial charge in [-0.05, 0) is 37.1 Å². The van der Waals surface area contributed by atoms with Gasteiger partial charge in [0.25, 0.3) is 0 Å². The van der Waals surface area contributed by atoms with E-state index in [9.17, 15) is 18.0 Å². The van der Waals surface area contributed by atoms with E-state index in [0.29, 0.717) is 17.9 Å². The van der Waals surface area contributed by atoms with Crippen LogP contribution in [-0.2, 0) is 0 Å². The first kappa shape index (κ1) is 15.8. The van der Waals surface area contributed by atoms with Gasteiger partial charge < -0.3 is 4.74 Å². The number of Topliss-reactive ketones (excluding diaryl/α,β-unsaturated/α-hetero) is 1. The lowest BCUT2D eigenvalue weighted by atomic mass is 10.0. The first-order chi connectivity index (χ1) is 8.92. The molecule has 1 aromatic rings. The van der Waals surface area contributed by atoms with E-state index in [4.69, 9.17) is 11.6 Å². The maximum absolute atomic E-state index is 11.9. The predicted molar refractivity (Wildman–Crippen MR) is 66.6 cm³/mol. The maximum atomic E-state index is 11.9. The van der Waals surface area contributed by atoms with Crippen LogP contribution in [0.1, 0.15) is 36.0 Å². The largest absolute Gasteiger partial charge is 0.573 e. The molecule has 0 bridgehead atoms. The molecule has 106 valence electrons. The van der Waals surface area contributed by atoms with Crippen molar-refractivity contribution in [1.29, 1.82) is 0 Å². The van der Waals surface area contributed by atoms with Gasteiger partial charge in [-0.25, -0.2) is 0 Å². The van der Waals surface area contributed by atoms with Gasteiger partial charge in [0.1, 0.15) is 5.75 Å². The smallest absolute Gasteiger partial charge is 0.406 e. The maximum Gasteiger partial charge on any atom is 0.573 e. The highest BCUT2D eigenvalue weighted by molar-refractivity contribution is 6.17. The Morgan fingerprint density at radius 3 is 2.26 bits per heavy atom. The van der Waals surface area contributed by atoms with Gasteiger partial charge in [-0.3, -0.25) is 4.79 Å². The Hall–Kier alpha value is -1.23. The Labute approximate surface area is 114 Å². The van der Waals surface area contributed by atoms with Gasteiger partial charge in [0.05, 0.1) is 0 Å². The number of carbonyl (C=O) groups is 1. The van der Waals surface area contributed by atoms with Gasteiger partial charge in [-0.2, -0.15) is 0 Å². The number of unbranched alkanes of at least 4 members (excludes halogenated alkanes) is 2. The van der Waals surface area contributed by atoms with E-state index >= 15 is 0 Å². The fourth-order valence-corrected chi connectivity index (χ4v) is 1.73. The van der Waals surface area contributed by atoms with Crippen molar-refractivity contribution in [3.63, 3.8) is 0 Å². The molecule has 19 heavy (non-hydrogen) atoms. The molecule has 0 fully saturated rings. The third-order valence-corrected chi connectivity index (χ3v) is 2.71. The second-order valence-electron chi connectivity index (χ2n) is 3.99. The normalized spacial score (nSPS) is 11.4. The summed E-state index contributed by atoms with van der Waals surface area (Å²) in [6.45, 7) is 0. The van der Waals surface area contributed by atoms with Crippen LogP contribution in [0.25, 0.3) is 0 Å². The molecule has 0 atom stereocenters. The van der Waals surface area contributed by atoms with E-state index in [-0.39, 0.29) is 11.5 Å². The van der Waals surface area contributed by atoms with Crippen LogP contribution in [0.4, 0.5) is 13.2 Å². The molecule has 6 heteroatoms. The van der Waals surface area contributed by atoms with E-state index in [1.165, 1.54) is 12.1 Å². The molecule has 0 unspecified atom stereocenters. The first-order valence-electron chi connectivity index (χ1n) is 5.87. The molecule has 1 aromatic carbocycles. The number of hydrogen-bond acceptors (Lipinski definition) is 2. The van der Waals surface area contributed by atoms with Crippen molar-refractivity contribution in [3.05, 3.63) is 29.8 Å². The second-order valence-corrected chi connectivity index (χ2v) is 4.37. The van der Waals surface area contributed by atoms with Crippen LogP contribution in [0.15, 0.2) is 24.3 Å². The minimum atomic E-state index is -4.72. The van der Waals surface area contributed by atoms with Gasteiger partial charge in [-0.15, -0.1) is 24.8 Å². The average Bonchev–Trinajstić information content (AvgIpc) is 2.33. The van der Waals surface area contributed by atoms with Crippen LogP contribution in [0.5, 0.6) is 5.75 Å². The van der Waals surface area contributed by atoms with Crippen molar-refractivity contribution < 1.29 is 22.7 Å². The van der Waals surface area contributed by atoms with Gasteiger partial charge in [-0.1, -0.05) is 6.42 Å². The lowest BCUT2D eigenvalue weighted by Gasteiger charge is -2.09. The summed E-state index contributed by atoms with van der Waals surface area (Å²) >= 11 is 5.51. The number of halogens is 4. The lowest BCUT2D eigenvalue weighted by Crippen LogP contribution is -2.17. The fourth-order valence-electron chi connectivity index (χ4n) is 1.54. The summed E-state index contributed by atoms with van der Waals surface area (Å²) < 4.78 is 39.5. The molecule has 0 heterocycles. The highest BCUT2D eigenvalue weighted by atomic mass is 35.5. The minimum Gasteiger partial charge on any atom is -0.406 e. The van der Waals surface area contributed by atoms with E-state index in [2.05, 4.69) is 4.74 Å². The highest BCUT2D eigenvalue weighted by Gasteiger charge is 2.30. The van der Waals surface area contributed by atoms with Gasteiger partial charge in [0.15, 0.2) is 5.78 Å². The quantitative estimate of drug-likeness (QED) is 0.418. The Balaban J connectivity index is 2.49. The zero-order chi connectivity index (χ0) is 14.3. The second kappa shape index (κ2) is 7.38. The first-order valence-corrected chi connectivity index (χ1v) is 6.41. The lowest BCUT2D eigenvalue weighted by molar-refractivity contribution is -0.274. The van der Waals surface area contributed by atoms with Gasteiger partial charge in [0.2, 0.25) is 0 Å². The molecule has 0 N–H and O–H groups in total. The Kier molecular flexibility index (Phi) is 6.15. The molecule has 0 spiro atoms. The summed E-state index contributed by atoms with van der Waals surface area (Å²) in [4.78, 5) is 11.7. The molecule has 0 saturated carbocycles. The molecule has 1 rings (SSSR count). The van der Waals surface area contributed by atoms with Crippen LogP contribution < -0.4 is 4.74 Å². The topological polar surface area (TPSA) is 26.3 Å². The third kappa shape index (κ3) is 6.47. The molecule has 2 nitrogen and oxygen atoms in total. The Morgan fingerprint density at radius 1 is 1.11 bits per heavy atom. The van der Waals surface area contributed by atoms with Gasteiger partial charge >= 0.3 is 6.36 Å². The minimum absolute atomic E-state index is 0.0897. The van der Waals surface area contributed by atoms with Crippen molar-refractivity contribution in [2.45, 2.75) is 32.0 Å². The van der Waals surface area contributed by atoms with Crippen LogP contribution in [0, 0.1) is 0 Å². The van der Waals surface area contributed by atoms with Crippen molar-refractivity contribution in [3.8, 4) is 5.75 Å². The van der Waals surface area contributed by atoms with Crippen molar-refractivity contribution in [2.75, 3.05) is 5.88 Å². The summed E-state index contributed by atoms with van der Waals surface area (Å²) in [6, 6.07) is 4.95. The number of alkyl halides is 4. The standard InChI is InChI=1S/C13H14ClF3O2/c14-9-3-1-2-4-12(18)10-5-7-11(8-6-10)19-13(15,16)17/h5-8H,1-4,9H2. The zero-order valence-electron chi connectivity index (χ0n) is 10.2. The number of carbonyl (C=O) groups excluding carboxylic acids is 1. The van der Waals surface area contributed by atoms with Crippen LogP contribution >= 0.6 is 11.6 Å². The van der Waals surface area contributed by atoms with Crippen molar-refractivity contribution >= 4 is 17.4 Å². The van der Waals surface area contributed by atoms with E-state index in [1.54, 1.807) is 0 Å². The summed E-state index contributed by atoms with van der Waals surface area (Å²) in [6.07, 6.45) is -1.90. The molecule has 0 aliphatic rings. The molecular formula is C13H14ClF3O2. The van der Waals surface area contributed by atoms with E-state index in [0.717, 1.165) is 31.4 Å². The van der Waals surface area contributed by atoms with E-state index in [1.807, 2.05) is 0 Å². The number of ketones is 1. The Morgan fingerprint density at radius 2 is 1.74 bits per heavy atom. The third-order valence-electron chi connectivity index (χ3n) is 2.45. The SMILES string of the molecule is O=C(CCCCCCl)c1ccc(OC(F)(F)F)cc1. The monoisotopic (exact) mass is 294 g/mol. The Bertz CT molecular complexity index is 401. The molecule has 0 aromatic heterocycles. The van der Waals surface area contributed by atoms with Crippen molar-refractivity contribution in [2.24, 2.45) is 0 Å². The fraction of sp³-hybridized carbons (Fsp3) is 0.462. The molecule has 0 aliphatic carbocycles. The molecular weight excluding hydrogens is 281 g/mol. The molecule has 0 amide bonds. The molecule has 0 aliphatic heterocycles. The van der Waals surface area contributed by atoms with Crippen LogP contribution in [-0.4, -0.2) is 18.0 Å². The molecule has 0 saturated heterocycles. The zero-order valence-corrected chi connectivity index (χ0v) is 10.9. The molecule has 0 radical (unpaired) electrons. The van der Waals surface area contributed by atoms with Crippen molar-refractivity contribution in [1.82, 2.24) is 0 Å². The van der Waals surface area contributed by atoms with Crippen LogP contribution in [0.3, 0.4) is 0 Å². The van der Waals surface area contributed by atoms with Gasteiger partial charge in [0, 0.05) is 17.9 Å². The number of rotatable bonds is 7. The summed E-state index contributed by atoms with van der Waals surface area (Å²) in [5.41, 5.74) is 0.389.